The molecule has 0 spiro atoms. The van der Waals surface area contributed by atoms with Crippen LogP contribution in [-0.4, -0.2) is 16.2 Å². The van der Waals surface area contributed by atoms with Crippen molar-refractivity contribution in [1.29, 1.82) is 0 Å². The fourth-order valence-electron chi connectivity index (χ4n) is 2.82. The number of rotatable bonds is 3. The Morgan fingerprint density at radius 3 is 2.55 bits per heavy atom. The van der Waals surface area contributed by atoms with Gasteiger partial charge in [-0.25, -0.2) is 0 Å². The molecule has 0 fully saturated rings. The number of aryl methyl sites for hydroxylation is 2. The fourth-order valence-corrected chi connectivity index (χ4v) is 3.28. The predicted octanol–water partition coefficient (Wildman–Crippen LogP) is 3.77. The summed E-state index contributed by atoms with van der Waals surface area (Å²) in [6, 6.07) is 3.92. The van der Waals surface area contributed by atoms with Gasteiger partial charge >= 0.3 is 5.97 Å². The van der Waals surface area contributed by atoms with Crippen LogP contribution >= 0.6 is 15.9 Å². The van der Waals surface area contributed by atoms with Crippen LogP contribution in [0, 0.1) is 25.7 Å². The number of carboxylic acid groups (broad SMARTS) is 1. The van der Waals surface area contributed by atoms with Crippen molar-refractivity contribution in [2.75, 3.05) is 0 Å². The summed E-state index contributed by atoms with van der Waals surface area (Å²) in [4.78, 5) is 11.4. The van der Waals surface area contributed by atoms with E-state index in [1.807, 2.05) is 38.1 Å². The molecule has 0 radical (unpaired) electrons. The molecule has 0 bridgehead atoms. The van der Waals surface area contributed by atoms with Gasteiger partial charge in [0.2, 0.25) is 0 Å². The van der Waals surface area contributed by atoms with E-state index in [-0.39, 0.29) is 5.92 Å². The molecule has 0 heterocycles. The molecule has 0 aromatic heterocycles. The van der Waals surface area contributed by atoms with Gasteiger partial charge in [-0.2, -0.15) is 0 Å². The maximum Gasteiger partial charge on any atom is 0.307 e. The number of aliphatic hydroxyl groups excluding tert-OH is 1. The molecule has 0 amide bonds. The Kier molecular flexibility index (Phi) is 4.66. The van der Waals surface area contributed by atoms with E-state index >= 15 is 0 Å². The highest BCUT2D eigenvalue weighted by molar-refractivity contribution is 9.10. The van der Waals surface area contributed by atoms with Gasteiger partial charge < -0.3 is 10.2 Å². The molecule has 3 nitrogen and oxygen atoms in total. The molecule has 1 aliphatic carbocycles. The molecular weight excluding hydrogens is 320 g/mol. The topological polar surface area (TPSA) is 57.5 Å². The summed E-state index contributed by atoms with van der Waals surface area (Å²) in [5.41, 5.74) is 2.86. The van der Waals surface area contributed by atoms with E-state index in [1.165, 1.54) is 0 Å². The minimum atomic E-state index is -0.829. The quantitative estimate of drug-likeness (QED) is 0.825. The number of carbonyl (C=O) groups is 1. The van der Waals surface area contributed by atoms with Gasteiger partial charge in [-0.3, -0.25) is 4.79 Å². The lowest BCUT2D eigenvalue weighted by Gasteiger charge is -2.30. The first-order valence-corrected chi connectivity index (χ1v) is 7.53. The smallest absolute Gasteiger partial charge is 0.307 e. The Bertz CT molecular complexity index is 551. The fraction of sp³-hybridized carbons (Fsp3) is 0.438. The van der Waals surface area contributed by atoms with Crippen molar-refractivity contribution in [2.24, 2.45) is 11.8 Å². The van der Waals surface area contributed by atoms with Gasteiger partial charge in [0.1, 0.15) is 0 Å². The van der Waals surface area contributed by atoms with E-state index < -0.39 is 18.0 Å². The molecule has 2 rings (SSSR count). The lowest BCUT2D eigenvalue weighted by atomic mass is 9.76. The summed E-state index contributed by atoms with van der Waals surface area (Å²) in [7, 11) is 0. The van der Waals surface area contributed by atoms with E-state index in [2.05, 4.69) is 15.9 Å². The van der Waals surface area contributed by atoms with Crippen LogP contribution in [0.3, 0.4) is 0 Å². The molecule has 3 unspecified atom stereocenters. The number of carboxylic acids is 1. The molecule has 0 saturated heterocycles. The normalized spacial score (nSPS) is 23.6. The predicted molar refractivity (Wildman–Crippen MR) is 81.6 cm³/mol. The number of aliphatic hydroxyl groups is 1. The Hall–Kier alpha value is -1.13. The van der Waals surface area contributed by atoms with Gasteiger partial charge in [-0.1, -0.05) is 34.1 Å². The van der Waals surface area contributed by atoms with E-state index in [0.29, 0.717) is 12.8 Å². The zero-order valence-corrected chi connectivity index (χ0v) is 13.2. The van der Waals surface area contributed by atoms with Crippen molar-refractivity contribution < 1.29 is 15.0 Å². The van der Waals surface area contributed by atoms with E-state index in [4.69, 9.17) is 0 Å². The monoisotopic (exact) mass is 338 g/mol. The third-order valence-electron chi connectivity index (χ3n) is 4.07. The van der Waals surface area contributed by atoms with Crippen molar-refractivity contribution in [2.45, 2.75) is 32.8 Å². The van der Waals surface area contributed by atoms with E-state index in [9.17, 15) is 15.0 Å². The summed E-state index contributed by atoms with van der Waals surface area (Å²) < 4.78 is 1.00. The average molecular weight is 339 g/mol. The Balaban J connectivity index is 2.35. The molecular formula is C16H19BrO3. The zero-order chi connectivity index (χ0) is 14.9. The van der Waals surface area contributed by atoms with Gasteiger partial charge in [0, 0.05) is 10.4 Å². The third kappa shape index (κ3) is 2.96. The molecule has 20 heavy (non-hydrogen) atoms. The van der Waals surface area contributed by atoms with Crippen LogP contribution in [0.1, 0.15) is 35.6 Å². The van der Waals surface area contributed by atoms with Crippen LogP contribution in [0.4, 0.5) is 0 Å². The van der Waals surface area contributed by atoms with Crippen LogP contribution in [-0.2, 0) is 4.79 Å². The summed E-state index contributed by atoms with van der Waals surface area (Å²) in [6.07, 6.45) is 4.21. The molecule has 2 N–H and O–H groups in total. The Labute approximate surface area is 127 Å². The van der Waals surface area contributed by atoms with E-state index in [1.54, 1.807) is 0 Å². The van der Waals surface area contributed by atoms with Gasteiger partial charge in [0.05, 0.1) is 12.0 Å². The second-order valence-corrected chi connectivity index (χ2v) is 6.31. The number of hydrogen-bond donors (Lipinski definition) is 2. The highest BCUT2D eigenvalue weighted by Gasteiger charge is 2.35. The number of halogens is 1. The minimum absolute atomic E-state index is 0.267. The molecule has 108 valence electrons. The van der Waals surface area contributed by atoms with Gasteiger partial charge in [-0.05, 0) is 49.4 Å². The van der Waals surface area contributed by atoms with Gasteiger partial charge in [0.25, 0.3) is 0 Å². The number of allylic oxidation sites excluding steroid dienone is 2. The second-order valence-electron chi connectivity index (χ2n) is 5.45. The van der Waals surface area contributed by atoms with Crippen molar-refractivity contribution in [3.63, 3.8) is 0 Å². The van der Waals surface area contributed by atoms with Crippen LogP contribution in [0.25, 0.3) is 0 Å². The summed E-state index contributed by atoms with van der Waals surface area (Å²) in [6.45, 7) is 3.91. The van der Waals surface area contributed by atoms with Crippen molar-refractivity contribution in [3.8, 4) is 0 Å². The van der Waals surface area contributed by atoms with Crippen molar-refractivity contribution in [1.82, 2.24) is 0 Å². The molecule has 0 aliphatic heterocycles. The molecule has 1 aromatic rings. The molecule has 0 saturated carbocycles. The lowest BCUT2D eigenvalue weighted by molar-refractivity contribution is -0.145. The first-order valence-electron chi connectivity index (χ1n) is 6.74. The standard InChI is InChI=1S/C16H19BrO3/c1-9-8-14(17)10(2)7-13(9)15(18)11-5-3-4-6-12(11)16(19)20/h3-4,7-8,11-12,15,18H,5-6H2,1-2H3,(H,19,20). The summed E-state index contributed by atoms with van der Waals surface area (Å²) in [5, 5.41) is 20.0. The number of benzene rings is 1. The highest BCUT2D eigenvalue weighted by atomic mass is 79.9. The van der Waals surface area contributed by atoms with Gasteiger partial charge in [-0.15, -0.1) is 0 Å². The van der Waals surface area contributed by atoms with Crippen LogP contribution in [0.15, 0.2) is 28.8 Å². The first-order chi connectivity index (χ1) is 9.41. The second kappa shape index (κ2) is 6.10. The molecule has 1 aromatic carbocycles. The van der Waals surface area contributed by atoms with Crippen LogP contribution < -0.4 is 0 Å². The third-order valence-corrected chi connectivity index (χ3v) is 4.92. The lowest BCUT2D eigenvalue weighted by Crippen LogP contribution is -2.30. The summed E-state index contributed by atoms with van der Waals surface area (Å²) >= 11 is 3.47. The van der Waals surface area contributed by atoms with Crippen molar-refractivity contribution in [3.05, 3.63) is 45.4 Å². The first kappa shape index (κ1) is 15.3. The SMILES string of the molecule is Cc1cc(C(O)C2CC=CCC2C(=O)O)c(C)cc1Br. The Morgan fingerprint density at radius 1 is 1.25 bits per heavy atom. The zero-order valence-electron chi connectivity index (χ0n) is 11.6. The minimum Gasteiger partial charge on any atom is -0.481 e. The van der Waals surface area contributed by atoms with E-state index in [0.717, 1.165) is 21.2 Å². The van der Waals surface area contributed by atoms with Gasteiger partial charge in [0.15, 0.2) is 0 Å². The van der Waals surface area contributed by atoms with Crippen molar-refractivity contribution >= 4 is 21.9 Å². The summed E-state index contributed by atoms with van der Waals surface area (Å²) in [5.74, 6) is -1.61. The Morgan fingerprint density at radius 2 is 1.90 bits per heavy atom. The largest absolute Gasteiger partial charge is 0.481 e. The maximum atomic E-state index is 11.4. The highest BCUT2D eigenvalue weighted by Crippen LogP contribution is 2.38. The van der Waals surface area contributed by atoms with Crippen LogP contribution in [0.5, 0.6) is 0 Å². The molecule has 4 heteroatoms. The maximum absolute atomic E-state index is 11.4. The molecule has 1 aliphatic rings. The van der Waals surface area contributed by atoms with Crippen LogP contribution in [0.2, 0.25) is 0 Å². The number of hydrogen-bond acceptors (Lipinski definition) is 2. The number of aliphatic carboxylic acids is 1. The average Bonchev–Trinajstić information content (AvgIpc) is 2.42. The molecule has 3 atom stereocenters.